The van der Waals surface area contributed by atoms with Crippen LogP contribution in [0.5, 0.6) is 0 Å². The topological polar surface area (TPSA) is 56.0 Å². The third kappa shape index (κ3) is 2.87. The van der Waals surface area contributed by atoms with E-state index in [2.05, 4.69) is 26.0 Å². The van der Waals surface area contributed by atoms with Gasteiger partial charge in [-0.25, -0.2) is 0 Å². The largest absolute Gasteiger partial charge is 0.325 e. The van der Waals surface area contributed by atoms with Gasteiger partial charge in [-0.2, -0.15) is 0 Å². The minimum absolute atomic E-state index is 0.145. The Balaban J connectivity index is 1.98. The van der Waals surface area contributed by atoms with Gasteiger partial charge in [-0.15, -0.1) is 11.3 Å². The van der Waals surface area contributed by atoms with Crippen LogP contribution in [0.2, 0.25) is 0 Å². The minimum Gasteiger partial charge on any atom is -0.325 e. The molecule has 0 fully saturated rings. The highest BCUT2D eigenvalue weighted by Gasteiger charge is 2.32. The number of pyridine rings is 1. The highest BCUT2D eigenvalue weighted by Crippen LogP contribution is 2.46. The maximum absolute atomic E-state index is 12.6. The van der Waals surface area contributed by atoms with Gasteiger partial charge in [-0.05, 0) is 49.3 Å². The molecule has 0 radical (unpaired) electrons. The molecule has 0 atom stereocenters. The van der Waals surface area contributed by atoms with Gasteiger partial charge in [0, 0.05) is 32.8 Å². The second-order valence-corrected chi connectivity index (χ2v) is 9.09. The molecular formula is C22H24N2OS. The van der Waals surface area contributed by atoms with E-state index >= 15 is 0 Å². The van der Waals surface area contributed by atoms with Crippen molar-refractivity contribution in [2.24, 2.45) is 11.1 Å². The Morgan fingerprint density at radius 2 is 2.08 bits per heavy atom. The second-order valence-electron chi connectivity index (χ2n) is 7.98. The molecule has 0 saturated carbocycles. The molecule has 26 heavy (non-hydrogen) atoms. The number of ketones is 1. The van der Waals surface area contributed by atoms with Gasteiger partial charge in [0.05, 0.1) is 11.2 Å². The van der Waals surface area contributed by atoms with Crippen molar-refractivity contribution in [1.82, 2.24) is 4.98 Å². The Bertz CT molecular complexity index is 1020. The zero-order valence-corrected chi connectivity index (χ0v) is 16.4. The molecule has 3 nitrogen and oxygen atoms in total. The number of nitrogens with zero attached hydrogens (tertiary/aromatic N) is 1. The van der Waals surface area contributed by atoms with Crippen LogP contribution in [-0.4, -0.2) is 10.8 Å². The van der Waals surface area contributed by atoms with E-state index in [0.29, 0.717) is 6.54 Å². The first-order valence-electron chi connectivity index (χ1n) is 9.14. The normalized spacial score (nSPS) is 15.8. The lowest BCUT2D eigenvalue weighted by Crippen LogP contribution is -2.22. The summed E-state index contributed by atoms with van der Waals surface area (Å²) in [4.78, 5) is 19.8. The summed E-state index contributed by atoms with van der Waals surface area (Å²) >= 11 is 1.77. The van der Waals surface area contributed by atoms with Crippen molar-refractivity contribution in [1.29, 1.82) is 0 Å². The first-order valence-corrected chi connectivity index (χ1v) is 9.96. The maximum Gasteiger partial charge on any atom is 0.161 e. The Hall–Kier alpha value is -2.04. The SMILES string of the molecule is CC(=O)c1c(-c2cc3ccccc3nc2CN)sc2c1CC(C)(C)CC2. The van der Waals surface area contributed by atoms with Crippen LogP contribution < -0.4 is 5.73 Å². The van der Waals surface area contributed by atoms with Crippen molar-refractivity contribution < 1.29 is 4.79 Å². The fraction of sp³-hybridized carbons (Fsp3) is 0.364. The molecule has 2 N–H and O–H groups in total. The minimum atomic E-state index is 0.145. The van der Waals surface area contributed by atoms with E-state index in [1.807, 2.05) is 18.2 Å². The summed E-state index contributed by atoms with van der Waals surface area (Å²) in [6.07, 6.45) is 3.18. The number of benzene rings is 1. The molecule has 0 spiro atoms. The Morgan fingerprint density at radius 3 is 2.81 bits per heavy atom. The number of Topliss-reactive ketones (excluding diaryl/α,β-unsaturated/α-hetero) is 1. The maximum atomic E-state index is 12.6. The summed E-state index contributed by atoms with van der Waals surface area (Å²) in [7, 11) is 0. The lowest BCUT2D eigenvalue weighted by Gasteiger charge is -2.29. The third-order valence-electron chi connectivity index (χ3n) is 5.37. The van der Waals surface area contributed by atoms with Crippen molar-refractivity contribution >= 4 is 28.0 Å². The molecule has 134 valence electrons. The molecule has 0 bridgehead atoms. The van der Waals surface area contributed by atoms with Crippen molar-refractivity contribution in [3.8, 4) is 10.4 Å². The number of carbonyl (C=O) groups is 1. The van der Waals surface area contributed by atoms with Crippen molar-refractivity contribution in [2.75, 3.05) is 0 Å². The number of nitrogens with two attached hydrogens (primary N) is 1. The summed E-state index contributed by atoms with van der Waals surface area (Å²) in [5.74, 6) is 0.145. The summed E-state index contributed by atoms with van der Waals surface area (Å²) in [6, 6.07) is 10.2. The number of thiophene rings is 1. The van der Waals surface area contributed by atoms with Gasteiger partial charge in [0.25, 0.3) is 0 Å². The molecule has 1 aliphatic rings. The fourth-order valence-corrected chi connectivity index (χ4v) is 5.39. The zero-order chi connectivity index (χ0) is 18.5. The van der Waals surface area contributed by atoms with E-state index in [-0.39, 0.29) is 11.2 Å². The average Bonchev–Trinajstić information content (AvgIpc) is 2.97. The van der Waals surface area contributed by atoms with Gasteiger partial charge in [-0.1, -0.05) is 32.0 Å². The molecule has 0 unspecified atom stereocenters. The third-order valence-corrected chi connectivity index (χ3v) is 6.69. The molecule has 0 saturated heterocycles. The van der Waals surface area contributed by atoms with E-state index in [1.165, 1.54) is 10.4 Å². The quantitative estimate of drug-likeness (QED) is 0.655. The van der Waals surface area contributed by atoms with Crippen LogP contribution in [0.4, 0.5) is 0 Å². The van der Waals surface area contributed by atoms with Crippen LogP contribution in [0.3, 0.4) is 0 Å². The first kappa shape index (κ1) is 17.4. The Kier molecular flexibility index (Phi) is 4.20. The summed E-state index contributed by atoms with van der Waals surface area (Å²) < 4.78 is 0. The Labute approximate surface area is 158 Å². The smallest absolute Gasteiger partial charge is 0.161 e. The summed E-state index contributed by atoms with van der Waals surface area (Å²) in [6.45, 7) is 6.63. The summed E-state index contributed by atoms with van der Waals surface area (Å²) in [5.41, 5.74) is 11.3. The van der Waals surface area contributed by atoms with E-state index in [9.17, 15) is 4.79 Å². The molecule has 2 heterocycles. The number of rotatable bonds is 3. The van der Waals surface area contributed by atoms with Crippen LogP contribution >= 0.6 is 11.3 Å². The van der Waals surface area contributed by atoms with Crippen LogP contribution in [-0.2, 0) is 19.4 Å². The number of aromatic nitrogens is 1. The number of hydrogen-bond donors (Lipinski definition) is 1. The molecule has 3 aromatic rings. The van der Waals surface area contributed by atoms with Gasteiger partial charge in [-0.3, -0.25) is 9.78 Å². The fourth-order valence-electron chi connectivity index (χ4n) is 3.99. The van der Waals surface area contributed by atoms with Gasteiger partial charge in [0.2, 0.25) is 0 Å². The highest BCUT2D eigenvalue weighted by molar-refractivity contribution is 7.16. The molecule has 0 aliphatic heterocycles. The number of para-hydroxylation sites is 1. The first-order chi connectivity index (χ1) is 12.4. The van der Waals surface area contributed by atoms with E-state index in [1.54, 1.807) is 18.3 Å². The molecular weight excluding hydrogens is 340 g/mol. The number of fused-ring (bicyclic) bond motifs is 2. The Morgan fingerprint density at radius 1 is 1.31 bits per heavy atom. The lowest BCUT2D eigenvalue weighted by molar-refractivity contribution is 0.101. The van der Waals surface area contributed by atoms with Crippen LogP contribution in [0, 0.1) is 5.41 Å². The molecule has 4 heteroatoms. The summed E-state index contributed by atoms with van der Waals surface area (Å²) in [5, 5.41) is 1.08. The van der Waals surface area contributed by atoms with Crippen molar-refractivity contribution in [3.05, 3.63) is 52.0 Å². The molecule has 4 rings (SSSR count). The number of carbonyl (C=O) groups excluding carboxylic acids is 1. The lowest BCUT2D eigenvalue weighted by atomic mass is 9.75. The standard InChI is InChI=1S/C22H24N2OS/c1-13(25)20-16-11-22(2,3)9-8-19(16)26-21(20)15-10-14-6-4-5-7-17(14)24-18(15)12-23/h4-7,10H,8-9,11-12,23H2,1-3H3. The van der Waals surface area contributed by atoms with Gasteiger partial charge >= 0.3 is 0 Å². The van der Waals surface area contributed by atoms with Gasteiger partial charge < -0.3 is 5.73 Å². The van der Waals surface area contributed by atoms with E-state index < -0.39 is 0 Å². The number of aryl methyl sites for hydroxylation is 1. The van der Waals surface area contributed by atoms with Crippen LogP contribution in [0.25, 0.3) is 21.3 Å². The molecule has 1 aromatic carbocycles. The van der Waals surface area contributed by atoms with Gasteiger partial charge in [0.15, 0.2) is 5.78 Å². The van der Waals surface area contributed by atoms with Crippen LogP contribution in [0.1, 0.15) is 53.7 Å². The van der Waals surface area contributed by atoms with E-state index in [4.69, 9.17) is 10.7 Å². The predicted octanol–water partition coefficient (Wildman–Crippen LogP) is 5.14. The highest BCUT2D eigenvalue weighted by atomic mass is 32.1. The molecule has 0 amide bonds. The average molecular weight is 365 g/mol. The molecule has 2 aromatic heterocycles. The molecule has 1 aliphatic carbocycles. The van der Waals surface area contributed by atoms with E-state index in [0.717, 1.165) is 51.9 Å². The predicted molar refractivity (Wildman–Crippen MR) is 109 cm³/mol. The van der Waals surface area contributed by atoms with Crippen molar-refractivity contribution in [2.45, 2.75) is 46.6 Å². The monoisotopic (exact) mass is 364 g/mol. The van der Waals surface area contributed by atoms with Gasteiger partial charge in [0.1, 0.15) is 0 Å². The van der Waals surface area contributed by atoms with Crippen molar-refractivity contribution in [3.63, 3.8) is 0 Å². The second kappa shape index (κ2) is 6.29. The van der Waals surface area contributed by atoms with Crippen LogP contribution in [0.15, 0.2) is 30.3 Å². The zero-order valence-electron chi connectivity index (χ0n) is 15.6. The number of hydrogen-bond acceptors (Lipinski definition) is 4.